The highest BCUT2D eigenvalue weighted by molar-refractivity contribution is 9.10. The van der Waals surface area contributed by atoms with E-state index in [0.717, 1.165) is 41.9 Å². The van der Waals surface area contributed by atoms with E-state index in [1.165, 1.54) is 12.1 Å². The molecule has 0 atom stereocenters. The van der Waals surface area contributed by atoms with Gasteiger partial charge in [-0.05, 0) is 60.2 Å². The van der Waals surface area contributed by atoms with Crippen LogP contribution in [0, 0.1) is 5.82 Å². The maximum atomic E-state index is 13.2. The monoisotopic (exact) mass is 508 g/mol. The summed E-state index contributed by atoms with van der Waals surface area (Å²) in [6.07, 6.45) is 1.72. The third kappa shape index (κ3) is 4.51. The molecule has 0 unspecified atom stereocenters. The number of carbonyl (C=O) groups is 1. The van der Waals surface area contributed by atoms with Crippen molar-refractivity contribution >= 4 is 33.5 Å². The number of hydrogen-bond donors (Lipinski definition) is 1. The first-order valence-electron chi connectivity index (χ1n) is 10.8. The largest absolute Gasteiger partial charge is 0.507 e. The fraction of sp³-hybridized carbons (Fsp3) is 0.192. The van der Waals surface area contributed by atoms with E-state index < -0.39 is 0 Å². The summed E-state index contributed by atoms with van der Waals surface area (Å²) >= 11 is 3.44. The number of ether oxygens (including phenoxy) is 1. The van der Waals surface area contributed by atoms with Crippen LogP contribution in [0.3, 0.4) is 0 Å². The van der Waals surface area contributed by atoms with Gasteiger partial charge in [-0.15, -0.1) is 0 Å². The zero-order valence-electron chi connectivity index (χ0n) is 17.8. The lowest BCUT2D eigenvalue weighted by Gasteiger charge is -2.36. The SMILES string of the molecule is O=C1/C(=C/c2cccc(Br)c2)Oc2c1ccc(O)c2CN1CCN(c2ccc(F)cc2)CC1. The number of carbonyl (C=O) groups excluding carboxylic acids is 1. The molecule has 168 valence electrons. The van der Waals surface area contributed by atoms with Crippen LogP contribution in [0.1, 0.15) is 21.5 Å². The molecule has 2 heterocycles. The minimum atomic E-state index is -0.242. The Morgan fingerprint density at radius 2 is 1.79 bits per heavy atom. The lowest BCUT2D eigenvalue weighted by molar-refractivity contribution is 0.101. The predicted octanol–water partition coefficient (Wildman–Crippen LogP) is 5.23. The number of Topliss-reactive ketones (excluding diaryl/α,β-unsaturated/α-hetero) is 1. The highest BCUT2D eigenvalue weighted by Crippen LogP contribution is 2.40. The minimum absolute atomic E-state index is 0.117. The van der Waals surface area contributed by atoms with Gasteiger partial charge in [0, 0.05) is 42.9 Å². The first kappa shape index (κ1) is 21.7. The zero-order valence-corrected chi connectivity index (χ0v) is 19.4. The number of fused-ring (bicyclic) bond motifs is 1. The van der Waals surface area contributed by atoms with Crippen LogP contribution < -0.4 is 9.64 Å². The molecule has 1 N–H and O–H groups in total. The molecular weight excluding hydrogens is 487 g/mol. The topological polar surface area (TPSA) is 53.0 Å². The highest BCUT2D eigenvalue weighted by Gasteiger charge is 2.32. The molecule has 0 amide bonds. The molecule has 0 spiro atoms. The second kappa shape index (κ2) is 9.00. The number of halogens is 2. The van der Waals surface area contributed by atoms with Gasteiger partial charge in [-0.2, -0.15) is 0 Å². The van der Waals surface area contributed by atoms with Gasteiger partial charge < -0.3 is 14.7 Å². The molecule has 5 rings (SSSR count). The molecule has 1 saturated heterocycles. The molecule has 2 aliphatic heterocycles. The Kier molecular flexibility index (Phi) is 5.91. The van der Waals surface area contributed by atoms with Crippen molar-refractivity contribution in [3.05, 3.63) is 93.4 Å². The van der Waals surface area contributed by atoms with Crippen molar-refractivity contribution in [3.8, 4) is 11.5 Å². The van der Waals surface area contributed by atoms with Crippen LogP contribution in [0.15, 0.2) is 70.9 Å². The van der Waals surface area contributed by atoms with Crippen LogP contribution in [0.5, 0.6) is 11.5 Å². The first-order chi connectivity index (χ1) is 16.0. The summed E-state index contributed by atoms with van der Waals surface area (Å²) in [6, 6.07) is 17.3. The zero-order chi connectivity index (χ0) is 22.9. The maximum absolute atomic E-state index is 13.2. The summed E-state index contributed by atoms with van der Waals surface area (Å²) in [6.45, 7) is 3.60. The van der Waals surface area contributed by atoms with E-state index in [-0.39, 0.29) is 23.1 Å². The summed E-state index contributed by atoms with van der Waals surface area (Å²) in [7, 11) is 0. The lowest BCUT2D eigenvalue weighted by Crippen LogP contribution is -2.46. The molecule has 3 aromatic rings. The van der Waals surface area contributed by atoms with Crippen LogP contribution in [-0.2, 0) is 6.54 Å². The van der Waals surface area contributed by atoms with Gasteiger partial charge in [0.25, 0.3) is 0 Å². The molecule has 0 aromatic heterocycles. The molecule has 0 bridgehead atoms. The van der Waals surface area contributed by atoms with E-state index in [0.29, 0.717) is 23.4 Å². The van der Waals surface area contributed by atoms with E-state index in [2.05, 4.69) is 25.7 Å². The summed E-state index contributed by atoms with van der Waals surface area (Å²) in [5.41, 5.74) is 2.93. The Hall–Kier alpha value is -3.16. The number of piperazine rings is 1. The standard InChI is InChI=1S/C26H22BrFN2O3/c27-18-3-1-2-17(14-18)15-24-25(32)21-8-9-23(31)22(26(21)33-24)16-29-10-12-30(13-11-29)20-6-4-19(28)5-7-20/h1-9,14-15,31H,10-13,16H2/b24-15-. The molecule has 33 heavy (non-hydrogen) atoms. The van der Waals surface area contributed by atoms with Crippen LogP contribution in [0.2, 0.25) is 0 Å². The molecule has 2 aliphatic rings. The summed E-state index contributed by atoms with van der Waals surface area (Å²) < 4.78 is 20.1. The van der Waals surface area contributed by atoms with Crippen molar-refractivity contribution < 1.29 is 19.0 Å². The fourth-order valence-electron chi connectivity index (χ4n) is 4.24. The van der Waals surface area contributed by atoms with Crippen LogP contribution in [0.4, 0.5) is 10.1 Å². The van der Waals surface area contributed by atoms with Crippen molar-refractivity contribution in [2.24, 2.45) is 0 Å². The molecule has 5 nitrogen and oxygen atoms in total. The van der Waals surface area contributed by atoms with E-state index in [4.69, 9.17) is 4.74 Å². The van der Waals surface area contributed by atoms with Crippen LogP contribution in [-0.4, -0.2) is 42.0 Å². The maximum Gasteiger partial charge on any atom is 0.231 e. The van der Waals surface area contributed by atoms with Crippen LogP contribution in [0.25, 0.3) is 6.08 Å². The smallest absolute Gasteiger partial charge is 0.231 e. The van der Waals surface area contributed by atoms with Crippen molar-refractivity contribution in [1.82, 2.24) is 4.90 Å². The average Bonchev–Trinajstić information content (AvgIpc) is 3.12. The van der Waals surface area contributed by atoms with Gasteiger partial charge in [0.1, 0.15) is 17.3 Å². The van der Waals surface area contributed by atoms with Crippen molar-refractivity contribution in [2.75, 3.05) is 31.1 Å². The quantitative estimate of drug-likeness (QED) is 0.489. The number of phenols is 1. The number of nitrogens with zero attached hydrogens (tertiary/aromatic N) is 2. The number of anilines is 1. The molecule has 0 radical (unpaired) electrons. The second-order valence-electron chi connectivity index (χ2n) is 8.17. The summed E-state index contributed by atoms with van der Waals surface area (Å²) in [4.78, 5) is 17.4. The first-order valence-corrected chi connectivity index (χ1v) is 11.5. The average molecular weight is 509 g/mol. The van der Waals surface area contributed by atoms with Gasteiger partial charge in [0.05, 0.1) is 11.1 Å². The normalized spacial score (nSPS) is 17.3. The number of hydrogen-bond acceptors (Lipinski definition) is 5. The Bertz CT molecular complexity index is 1230. The molecule has 7 heteroatoms. The predicted molar refractivity (Wildman–Crippen MR) is 129 cm³/mol. The number of aromatic hydroxyl groups is 1. The number of ketones is 1. The van der Waals surface area contributed by atoms with E-state index in [1.807, 2.05) is 24.3 Å². The van der Waals surface area contributed by atoms with Crippen molar-refractivity contribution in [1.29, 1.82) is 0 Å². The number of benzene rings is 3. The third-order valence-corrected chi connectivity index (χ3v) is 6.50. The van der Waals surface area contributed by atoms with Crippen LogP contribution >= 0.6 is 15.9 Å². The van der Waals surface area contributed by atoms with Crippen molar-refractivity contribution in [2.45, 2.75) is 6.54 Å². The van der Waals surface area contributed by atoms with Gasteiger partial charge in [-0.3, -0.25) is 9.69 Å². The van der Waals surface area contributed by atoms with E-state index in [9.17, 15) is 14.3 Å². The van der Waals surface area contributed by atoms with Gasteiger partial charge in [0.2, 0.25) is 5.78 Å². The number of phenolic OH excluding ortho intramolecular Hbond substituents is 1. The van der Waals surface area contributed by atoms with Gasteiger partial charge >= 0.3 is 0 Å². The molecule has 0 saturated carbocycles. The van der Waals surface area contributed by atoms with E-state index in [1.54, 1.807) is 30.3 Å². The lowest BCUT2D eigenvalue weighted by atomic mass is 10.0. The van der Waals surface area contributed by atoms with Gasteiger partial charge in [-0.25, -0.2) is 4.39 Å². The Labute approximate surface area is 199 Å². The number of allylic oxidation sites excluding steroid dienone is 1. The summed E-state index contributed by atoms with van der Waals surface area (Å²) in [5.74, 6) is 0.366. The van der Waals surface area contributed by atoms with Gasteiger partial charge in [-0.1, -0.05) is 28.1 Å². The minimum Gasteiger partial charge on any atom is -0.507 e. The highest BCUT2D eigenvalue weighted by atomic mass is 79.9. The fourth-order valence-corrected chi connectivity index (χ4v) is 4.65. The third-order valence-electron chi connectivity index (χ3n) is 6.01. The van der Waals surface area contributed by atoms with Crippen molar-refractivity contribution in [3.63, 3.8) is 0 Å². The Morgan fingerprint density at radius 3 is 2.52 bits per heavy atom. The molecular formula is C26H22BrFN2O3. The summed E-state index contributed by atoms with van der Waals surface area (Å²) in [5, 5.41) is 10.6. The van der Waals surface area contributed by atoms with E-state index >= 15 is 0 Å². The molecule has 0 aliphatic carbocycles. The van der Waals surface area contributed by atoms with Gasteiger partial charge in [0.15, 0.2) is 5.76 Å². The molecule has 1 fully saturated rings. The Morgan fingerprint density at radius 1 is 1.03 bits per heavy atom. The second-order valence-corrected chi connectivity index (χ2v) is 9.09. The number of rotatable bonds is 4. The molecule has 3 aromatic carbocycles. The Balaban J connectivity index is 1.32.